The Morgan fingerprint density at radius 1 is 1.43 bits per heavy atom. The van der Waals surface area contributed by atoms with Crippen molar-refractivity contribution in [1.82, 2.24) is 5.16 Å². The predicted octanol–water partition coefficient (Wildman–Crippen LogP) is 3.79. The molecule has 0 radical (unpaired) electrons. The van der Waals surface area contributed by atoms with E-state index in [4.69, 9.17) is 20.9 Å². The lowest BCUT2D eigenvalue weighted by Crippen LogP contribution is -2.13. The normalized spacial score (nSPS) is 10.7. The van der Waals surface area contributed by atoms with Crippen molar-refractivity contribution >= 4 is 23.2 Å². The van der Waals surface area contributed by atoms with Crippen molar-refractivity contribution in [3.8, 4) is 5.75 Å². The Balaban J connectivity index is 2.14. The van der Waals surface area contributed by atoms with Gasteiger partial charge in [0, 0.05) is 17.5 Å². The first-order valence-electron chi connectivity index (χ1n) is 6.60. The lowest BCUT2D eigenvalue weighted by atomic mass is 10.1. The number of amides is 1. The van der Waals surface area contributed by atoms with Gasteiger partial charge in [-0.25, -0.2) is 0 Å². The third kappa shape index (κ3) is 3.98. The van der Waals surface area contributed by atoms with Crippen molar-refractivity contribution in [3.63, 3.8) is 0 Å². The minimum absolute atomic E-state index is 0.229. The first kappa shape index (κ1) is 15.4. The summed E-state index contributed by atoms with van der Waals surface area (Å²) in [6.07, 6.45) is 0.737. The molecule has 112 valence electrons. The number of benzene rings is 1. The van der Waals surface area contributed by atoms with Crippen molar-refractivity contribution in [2.75, 3.05) is 12.4 Å². The van der Waals surface area contributed by atoms with E-state index >= 15 is 0 Å². The van der Waals surface area contributed by atoms with Crippen LogP contribution in [0.3, 0.4) is 0 Å². The number of hydrogen-bond donors (Lipinski definition) is 1. The smallest absolute Gasteiger partial charge is 0.277 e. The van der Waals surface area contributed by atoms with Gasteiger partial charge in [0.1, 0.15) is 11.5 Å². The molecule has 0 fully saturated rings. The zero-order valence-electron chi connectivity index (χ0n) is 12.1. The van der Waals surface area contributed by atoms with E-state index in [1.54, 1.807) is 24.3 Å². The predicted molar refractivity (Wildman–Crippen MR) is 81.0 cm³/mol. The zero-order chi connectivity index (χ0) is 15.4. The Hall–Kier alpha value is -2.01. The summed E-state index contributed by atoms with van der Waals surface area (Å²) in [6.45, 7) is 4.14. The van der Waals surface area contributed by atoms with Crippen molar-refractivity contribution < 1.29 is 14.1 Å². The minimum Gasteiger partial charge on any atom is -0.495 e. The number of carbonyl (C=O) groups is 1. The Labute approximate surface area is 128 Å². The standard InChI is InChI=1S/C15H17ClN2O3/c1-9(2)6-11-8-13(18-21-11)15(19)17-12-7-10(16)4-5-14(12)20-3/h4-5,7-9H,6H2,1-3H3,(H,17,19). The number of methoxy groups -OCH3 is 1. The van der Waals surface area contributed by atoms with Crippen LogP contribution in [0.1, 0.15) is 30.1 Å². The molecular formula is C15H17ClN2O3. The third-order valence-corrected chi connectivity index (χ3v) is 3.05. The Morgan fingerprint density at radius 2 is 2.19 bits per heavy atom. The van der Waals surface area contributed by atoms with Crippen molar-refractivity contribution in [2.45, 2.75) is 20.3 Å². The molecule has 0 aliphatic rings. The van der Waals surface area contributed by atoms with Gasteiger partial charge >= 0.3 is 0 Å². The summed E-state index contributed by atoms with van der Waals surface area (Å²) in [7, 11) is 1.52. The SMILES string of the molecule is COc1ccc(Cl)cc1NC(=O)c1cc(CC(C)C)on1. The molecule has 0 aliphatic carbocycles. The van der Waals surface area contributed by atoms with Crippen LogP contribution in [0.2, 0.25) is 5.02 Å². The second-order valence-corrected chi connectivity index (χ2v) is 5.51. The summed E-state index contributed by atoms with van der Waals surface area (Å²) >= 11 is 5.92. The molecule has 1 aromatic carbocycles. The van der Waals surface area contributed by atoms with Crippen molar-refractivity contribution in [3.05, 3.63) is 40.7 Å². The van der Waals surface area contributed by atoms with Crippen LogP contribution in [0, 0.1) is 5.92 Å². The quantitative estimate of drug-likeness (QED) is 0.912. The first-order valence-corrected chi connectivity index (χ1v) is 6.98. The molecule has 1 heterocycles. The summed E-state index contributed by atoms with van der Waals surface area (Å²) in [5.41, 5.74) is 0.719. The van der Waals surface area contributed by atoms with Gasteiger partial charge < -0.3 is 14.6 Å². The highest BCUT2D eigenvalue weighted by Crippen LogP contribution is 2.28. The molecule has 2 rings (SSSR count). The van der Waals surface area contributed by atoms with Crippen LogP contribution in [0.4, 0.5) is 5.69 Å². The van der Waals surface area contributed by atoms with Gasteiger partial charge in [-0.15, -0.1) is 0 Å². The fraction of sp³-hybridized carbons (Fsp3) is 0.333. The van der Waals surface area contributed by atoms with Crippen molar-refractivity contribution in [2.24, 2.45) is 5.92 Å². The van der Waals surface area contributed by atoms with Crippen LogP contribution < -0.4 is 10.1 Å². The Morgan fingerprint density at radius 3 is 2.86 bits per heavy atom. The highest BCUT2D eigenvalue weighted by molar-refractivity contribution is 6.31. The molecule has 6 heteroatoms. The number of halogens is 1. The monoisotopic (exact) mass is 308 g/mol. The maximum atomic E-state index is 12.2. The summed E-state index contributed by atoms with van der Waals surface area (Å²) in [6, 6.07) is 6.64. The first-order chi connectivity index (χ1) is 9.99. The summed E-state index contributed by atoms with van der Waals surface area (Å²) in [4.78, 5) is 12.2. The average molecular weight is 309 g/mol. The fourth-order valence-electron chi connectivity index (χ4n) is 1.88. The lowest BCUT2D eigenvalue weighted by molar-refractivity contribution is 0.101. The number of nitrogens with one attached hydrogen (secondary N) is 1. The molecule has 0 spiro atoms. The highest BCUT2D eigenvalue weighted by Gasteiger charge is 2.15. The van der Waals surface area contributed by atoms with Gasteiger partial charge in [-0.05, 0) is 24.1 Å². The highest BCUT2D eigenvalue weighted by atomic mass is 35.5. The van der Waals surface area contributed by atoms with E-state index < -0.39 is 0 Å². The van der Waals surface area contributed by atoms with Gasteiger partial charge in [-0.2, -0.15) is 0 Å². The van der Waals surface area contributed by atoms with E-state index in [1.807, 2.05) is 0 Å². The van der Waals surface area contributed by atoms with Crippen LogP contribution in [0.15, 0.2) is 28.8 Å². The molecule has 0 aliphatic heterocycles. The summed E-state index contributed by atoms with van der Waals surface area (Å²) in [5, 5.41) is 7.00. The molecule has 1 aromatic heterocycles. The van der Waals surface area contributed by atoms with Crippen LogP contribution in [0.5, 0.6) is 5.75 Å². The molecule has 0 bridgehead atoms. The number of carbonyl (C=O) groups excluding carboxylic acids is 1. The van der Waals surface area contributed by atoms with Crippen LogP contribution in [0.25, 0.3) is 0 Å². The van der Waals surface area contributed by atoms with E-state index in [0.717, 1.165) is 6.42 Å². The maximum Gasteiger partial charge on any atom is 0.277 e. The Kier molecular flexibility index (Phi) is 4.85. The Bertz CT molecular complexity index is 638. The molecule has 0 atom stereocenters. The minimum atomic E-state index is -0.366. The van der Waals surface area contributed by atoms with Crippen LogP contribution in [-0.4, -0.2) is 18.2 Å². The average Bonchev–Trinajstić information content (AvgIpc) is 2.86. The number of ether oxygens (including phenoxy) is 1. The maximum absolute atomic E-state index is 12.2. The number of nitrogens with zero attached hydrogens (tertiary/aromatic N) is 1. The van der Waals surface area contributed by atoms with Gasteiger partial charge in [0.05, 0.1) is 12.8 Å². The van der Waals surface area contributed by atoms with Gasteiger partial charge in [0.25, 0.3) is 5.91 Å². The number of anilines is 1. The summed E-state index contributed by atoms with van der Waals surface area (Å²) in [5.74, 6) is 1.28. The zero-order valence-corrected chi connectivity index (χ0v) is 12.9. The van der Waals surface area contributed by atoms with E-state index in [9.17, 15) is 4.79 Å². The fourth-order valence-corrected chi connectivity index (χ4v) is 2.05. The van der Waals surface area contributed by atoms with E-state index in [-0.39, 0.29) is 11.6 Å². The largest absolute Gasteiger partial charge is 0.495 e. The third-order valence-electron chi connectivity index (χ3n) is 2.81. The van der Waals surface area contributed by atoms with E-state index in [2.05, 4.69) is 24.3 Å². The van der Waals surface area contributed by atoms with Crippen molar-refractivity contribution in [1.29, 1.82) is 0 Å². The summed E-state index contributed by atoms with van der Waals surface area (Å²) < 4.78 is 10.3. The molecule has 0 unspecified atom stereocenters. The molecule has 2 aromatic rings. The van der Waals surface area contributed by atoms with E-state index in [0.29, 0.717) is 28.1 Å². The number of rotatable bonds is 5. The van der Waals surface area contributed by atoms with Gasteiger partial charge in [-0.3, -0.25) is 4.79 Å². The van der Waals surface area contributed by atoms with E-state index in [1.165, 1.54) is 7.11 Å². The number of hydrogen-bond acceptors (Lipinski definition) is 4. The van der Waals surface area contributed by atoms with Gasteiger partial charge in [0.2, 0.25) is 0 Å². The molecule has 5 nitrogen and oxygen atoms in total. The molecule has 1 N–H and O–H groups in total. The van der Waals surface area contributed by atoms with Gasteiger partial charge in [0.15, 0.2) is 5.69 Å². The molecular weight excluding hydrogens is 292 g/mol. The number of aromatic nitrogens is 1. The second-order valence-electron chi connectivity index (χ2n) is 5.08. The lowest BCUT2D eigenvalue weighted by Gasteiger charge is -2.09. The van der Waals surface area contributed by atoms with Crippen LogP contribution >= 0.6 is 11.6 Å². The van der Waals surface area contributed by atoms with Gasteiger partial charge in [-0.1, -0.05) is 30.6 Å². The molecule has 1 amide bonds. The molecule has 0 saturated heterocycles. The second kappa shape index (κ2) is 6.63. The topological polar surface area (TPSA) is 64.4 Å². The molecule has 21 heavy (non-hydrogen) atoms. The van der Waals surface area contributed by atoms with Crippen LogP contribution in [-0.2, 0) is 6.42 Å². The molecule has 0 saturated carbocycles.